The van der Waals surface area contributed by atoms with Gasteiger partial charge in [-0.05, 0) is 12.8 Å². The van der Waals surface area contributed by atoms with Gasteiger partial charge >= 0.3 is 5.97 Å². The highest BCUT2D eigenvalue weighted by Crippen LogP contribution is 2.34. The number of hydrogen-bond donors (Lipinski definition) is 2. The number of carbonyl (C=O) groups is 1. The second-order valence-corrected chi connectivity index (χ2v) is 4.40. The van der Waals surface area contributed by atoms with Gasteiger partial charge in [0.15, 0.2) is 0 Å². The molecule has 1 saturated heterocycles. The standard InChI is InChI=1S/C7H13NO2S/c8-4-6-2-1-5(11-6)3-7(9)10/h5-6H,1-4,8H2,(H,9,10). The van der Waals surface area contributed by atoms with E-state index in [0.717, 1.165) is 12.8 Å². The summed E-state index contributed by atoms with van der Waals surface area (Å²) in [7, 11) is 0. The molecule has 0 aromatic rings. The van der Waals surface area contributed by atoms with Gasteiger partial charge < -0.3 is 10.8 Å². The Morgan fingerprint density at radius 2 is 2.18 bits per heavy atom. The minimum atomic E-state index is -0.694. The molecule has 1 aliphatic heterocycles. The average Bonchev–Trinajstić information content (AvgIpc) is 2.34. The first-order valence-electron chi connectivity index (χ1n) is 3.79. The van der Waals surface area contributed by atoms with Gasteiger partial charge in [-0.1, -0.05) is 0 Å². The van der Waals surface area contributed by atoms with Crippen LogP contribution in [0.25, 0.3) is 0 Å². The number of aliphatic carboxylic acids is 1. The van der Waals surface area contributed by atoms with Crippen LogP contribution in [0.4, 0.5) is 0 Å². The highest BCUT2D eigenvalue weighted by Gasteiger charge is 2.25. The summed E-state index contributed by atoms with van der Waals surface area (Å²) in [5.41, 5.74) is 5.46. The molecule has 0 radical (unpaired) electrons. The lowest BCUT2D eigenvalue weighted by atomic mass is 10.1. The summed E-state index contributed by atoms with van der Waals surface area (Å²) in [6.45, 7) is 0.681. The summed E-state index contributed by atoms with van der Waals surface area (Å²) in [6, 6.07) is 0. The summed E-state index contributed by atoms with van der Waals surface area (Å²) in [5, 5.41) is 9.29. The average molecular weight is 175 g/mol. The Morgan fingerprint density at radius 1 is 1.55 bits per heavy atom. The van der Waals surface area contributed by atoms with Crippen LogP contribution in [0, 0.1) is 0 Å². The van der Waals surface area contributed by atoms with Crippen molar-refractivity contribution in [2.75, 3.05) is 6.54 Å². The molecule has 4 heteroatoms. The summed E-state index contributed by atoms with van der Waals surface area (Å²) in [4.78, 5) is 10.3. The highest BCUT2D eigenvalue weighted by molar-refractivity contribution is 8.00. The predicted molar refractivity (Wildman–Crippen MR) is 45.7 cm³/mol. The molecule has 64 valence electrons. The van der Waals surface area contributed by atoms with E-state index < -0.39 is 5.97 Å². The van der Waals surface area contributed by atoms with Crippen molar-refractivity contribution in [3.05, 3.63) is 0 Å². The zero-order chi connectivity index (χ0) is 8.27. The second-order valence-electron chi connectivity index (χ2n) is 2.79. The Bertz CT molecular complexity index is 151. The number of carboxylic acids is 1. The first-order chi connectivity index (χ1) is 5.22. The zero-order valence-corrected chi connectivity index (χ0v) is 7.14. The van der Waals surface area contributed by atoms with Gasteiger partial charge in [0.2, 0.25) is 0 Å². The van der Waals surface area contributed by atoms with Crippen molar-refractivity contribution >= 4 is 17.7 Å². The van der Waals surface area contributed by atoms with E-state index >= 15 is 0 Å². The molecule has 1 fully saturated rings. The first-order valence-corrected chi connectivity index (χ1v) is 4.74. The van der Waals surface area contributed by atoms with Gasteiger partial charge in [-0.15, -0.1) is 0 Å². The molecule has 1 heterocycles. The third-order valence-corrected chi connectivity index (χ3v) is 3.46. The Labute approximate surface area is 70.3 Å². The van der Waals surface area contributed by atoms with E-state index in [9.17, 15) is 4.79 Å². The summed E-state index contributed by atoms with van der Waals surface area (Å²) in [5.74, 6) is -0.694. The lowest BCUT2D eigenvalue weighted by molar-refractivity contribution is -0.136. The van der Waals surface area contributed by atoms with E-state index in [-0.39, 0.29) is 0 Å². The van der Waals surface area contributed by atoms with E-state index in [4.69, 9.17) is 10.8 Å². The van der Waals surface area contributed by atoms with Crippen molar-refractivity contribution in [1.29, 1.82) is 0 Å². The van der Waals surface area contributed by atoms with Gasteiger partial charge in [0, 0.05) is 17.0 Å². The largest absolute Gasteiger partial charge is 0.481 e. The molecule has 11 heavy (non-hydrogen) atoms. The fourth-order valence-electron chi connectivity index (χ4n) is 1.30. The Kier molecular flexibility index (Phi) is 3.20. The van der Waals surface area contributed by atoms with Crippen molar-refractivity contribution in [2.45, 2.75) is 29.8 Å². The monoisotopic (exact) mass is 175 g/mol. The third kappa shape index (κ3) is 2.71. The van der Waals surface area contributed by atoms with Crippen LogP contribution in [0.3, 0.4) is 0 Å². The van der Waals surface area contributed by atoms with Gasteiger partial charge in [-0.3, -0.25) is 4.79 Å². The van der Waals surface area contributed by atoms with Crippen LogP contribution in [0.15, 0.2) is 0 Å². The molecule has 3 N–H and O–H groups in total. The minimum absolute atomic E-state index is 0.293. The van der Waals surface area contributed by atoms with Crippen molar-refractivity contribution in [3.8, 4) is 0 Å². The van der Waals surface area contributed by atoms with E-state index in [1.807, 2.05) is 0 Å². The van der Waals surface area contributed by atoms with Gasteiger partial charge in [0.05, 0.1) is 6.42 Å². The van der Waals surface area contributed by atoms with Crippen LogP contribution < -0.4 is 5.73 Å². The Morgan fingerprint density at radius 3 is 2.64 bits per heavy atom. The van der Waals surface area contributed by atoms with Gasteiger partial charge in [-0.25, -0.2) is 0 Å². The smallest absolute Gasteiger partial charge is 0.304 e. The van der Waals surface area contributed by atoms with Crippen molar-refractivity contribution in [2.24, 2.45) is 5.73 Å². The Hall–Kier alpha value is -0.220. The molecule has 0 aromatic heterocycles. The molecule has 2 atom stereocenters. The van der Waals surface area contributed by atoms with E-state index in [0.29, 0.717) is 23.5 Å². The molecule has 0 bridgehead atoms. The maximum Gasteiger partial charge on any atom is 0.304 e. The molecule has 0 aliphatic carbocycles. The normalized spacial score (nSPS) is 30.6. The Balaban J connectivity index is 2.24. The van der Waals surface area contributed by atoms with Gasteiger partial charge in [0.25, 0.3) is 0 Å². The topological polar surface area (TPSA) is 63.3 Å². The maximum atomic E-state index is 10.3. The number of carboxylic acid groups (broad SMARTS) is 1. The first kappa shape index (κ1) is 8.87. The lowest BCUT2D eigenvalue weighted by Crippen LogP contribution is -2.13. The molecule has 0 saturated carbocycles. The van der Waals surface area contributed by atoms with Crippen LogP contribution in [-0.4, -0.2) is 28.1 Å². The van der Waals surface area contributed by atoms with Crippen LogP contribution in [-0.2, 0) is 4.79 Å². The SMILES string of the molecule is NCC1CCC(CC(=O)O)S1. The van der Waals surface area contributed by atoms with Crippen molar-refractivity contribution in [3.63, 3.8) is 0 Å². The highest BCUT2D eigenvalue weighted by atomic mass is 32.2. The quantitative estimate of drug-likeness (QED) is 0.662. The fraction of sp³-hybridized carbons (Fsp3) is 0.857. The predicted octanol–water partition coefficient (Wildman–Crippen LogP) is 0.684. The van der Waals surface area contributed by atoms with Gasteiger partial charge in [-0.2, -0.15) is 11.8 Å². The zero-order valence-electron chi connectivity index (χ0n) is 6.32. The number of rotatable bonds is 3. The maximum absolute atomic E-state index is 10.3. The minimum Gasteiger partial charge on any atom is -0.481 e. The molecule has 0 aromatic carbocycles. The van der Waals surface area contributed by atoms with Crippen molar-refractivity contribution in [1.82, 2.24) is 0 Å². The molecule has 1 aliphatic rings. The lowest BCUT2D eigenvalue weighted by Gasteiger charge is -2.05. The molecule has 2 unspecified atom stereocenters. The van der Waals surface area contributed by atoms with Crippen LogP contribution in [0.5, 0.6) is 0 Å². The van der Waals surface area contributed by atoms with Crippen molar-refractivity contribution < 1.29 is 9.90 Å². The van der Waals surface area contributed by atoms with Gasteiger partial charge in [0.1, 0.15) is 0 Å². The fourth-order valence-corrected chi connectivity index (χ4v) is 2.74. The summed E-state index contributed by atoms with van der Waals surface area (Å²) >= 11 is 1.73. The summed E-state index contributed by atoms with van der Waals surface area (Å²) < 4.78 is 0. The van der Waals surface area contributed by atoms with Crippen LogP contribution in [0.2, 0.25) is 0 Å². The summed E-state index contributed by atoms with van der Waals surface area (Å²) in [6.07, 6.45) is 2.39. The number of nitrogens with two attached hydrogens (primary N) is 1. The molecule has 3 nitrogen and oxygen atoms in total. The van der Waals surface area contributed by atoms with E-state index in [1.165, 1.54) is 0 Å². The molecule has 0 spiro atoms. The van der Waals surface area contributed by atoms with E-state index in [2.05, 4.69) is 0 Å². The number of hydrogen-bond acceptors (Lipinski definition) is 3. The number of thioether (sulfide) groups is 1. The third-order valence-electron chi connectivity index (χ3n) is 1.86. The van der Waals surface area contributed by atoms with E-state index in [1.54, 1.807) is 11.8 Å². The van der Waals surface area contributed by atoms with Crippen LogP contribution >= 0.6 is 11.8 Å². The molecular formula is C7H13NO2S. The second kappa shape index (κ2) is 3.97. The molecule has 1 rings (SSSR count). The molecule has 0 amide bonds. The molecular weight excluding hydrogens is 162 g/mol. The van der Waals surface area contributed by atoms with Crippen LogP contribution in [0.1, 0.15) is 19.3 Å².